The number of benzene rings is 5. The van der Waals surface area contributed by atoms with E-state index in [1.165, 1.54) is 48.5 Å². The highest BCUT2D eigenvalue weighted by Crippen LogP contribution is 2.64. The molecular formula is C45H38F6O9. The highest BCUT2D eigenvalue weighted by molar-refractivity contribution is 5.79. The molecule has 9 nitrogen and oxygen atoms in total. The Morgan fingerprint density at radius 3 is 1.38 bits per heavy atom. The number of ether oxygens (including phenoxy) is 7. The molecule has 9 rings (SSSR count). The molecule has 4 aliphatic carbocycles. The van der Waals surface area contributed by atoms with E-state index >= 15 is 0 Å². The molecule has 314 valence electrons. The zero-order chi connectivity index (χ0) is 42.2. The summed E-state index contributed by atoms with van der Waals surface area (Å²) in [5.74, 6) is -8.97. The van der Waals surface area contributed by atoms with Gasteiger partial charge in [-0.3, -0.25) is 0 Å². The smallest absolute Gasteiger partial charge is 0.501 e. The summed E-state index contributed by atoms with van der Waals surface area (Å²) in [7, 11) is 0. The minimum Gasteiger partial charge on any atom is -0.501 e. The van der Waals surface area contributed by atoms with Crippen molar-refractivity contribution in [1.29, 1.82) is 0 Å². The first-order valence-corrected chi connectivity index (χ1v) is 19.2. The highest BCUT2D eigenvalue weighted by atomic mass is 19.3. The van der Waals surface area contributed by atoms with Crippen molar-refractivity contribution >= 4 is 6.16 Å². The first kappa shape index (κ1) is 40.7. The summed E-state index contributed by atoms with van der Waals surface area (Å²) in [6, 6.07) is 18.6. The van der Waals surface area contributed by atoms with Crippen LogP contribution in [0.1, 0.15) is 45.4 Å². The molecule has 4 saturated carbocycles. The third-order valence-electron chi connectivity index (χ3n) is 10.8. The Labute approximate surface area is 340 Å². The summed E-state index contributed by atoms with van der Waals surface area (Å²) in [4.78, 5) is 14.3. The lowest BCUT2D eigenvalue weighted by molar-refractivity contribution is -0.192. The topological polar surface area (TPSA) is 102 Å². The van der Waals surface area contributed by atoms with Crippen molar-refractivity contribution in [3.05, 3.63) is 120 Å². The molecule has 2 atom stereocenters. The Balaban J connectivity index is 1.25. The van der Waals surface area contributed by atoms with E-state index in [0.717, 1.165) is 74.7 Å². The van der Waals surface area contributed by atoms with E-state index in [1.54, 1.807) is 0 Å². The van der Waals surface area contributed by atoms with E-state index in [1.807, 2.05) is 0 Å². The Morgan fingerprint density at radius 1 is 0.617 bits per heavy atom. The molecule has 5 aromatic rings. The van der Waals surface area contributed by atoms with Gasteiger partial charge in [0.1, 0.15) is 58.5 Å². The van der Waals surface area contributed by atoms with Gasteiger partial charge in [-0.1, -0.05) is 0 Å². The summed E-state index contributed by atoms with van der Waals surface area (Å²) in [5, 5.41) is 12.0. The van der Waals surface area contributed by atoms with Crippen molar-refractivity contribution in [2.75, 3.05) is 13.2 Å². The maximum Gasteiger partial charge on any atom is 0.514 e. The van der Waals surface area contributed by atoms with Crippen molar-refractivity contribution < 1.29 is 69.4 Å². The molecule has 4 fully saturated rings. The molecule has 0 aromatic heterocycles. The fourth-order valence-corrected chi connectivity index (χ4v) is 8.96. The van der Waals surface area contributed by atoms with Crippen molar-refractivity contribution in [2.24, 2.45) is 17.3 Å². The summed E-state index contributed by atoms with van der Waals surface area (Å²) in [6.45, 7) is 0.0884. The normalized spacial score (nSPS) is 21.6. The van der Waals surface area contributed by atoms with Gasteiger partial charge in [-0.25, -0.2) is 31.1 Å². The van der Waals surface area contributed by atoms with Crippen LogP contribution in [0.2, 0.25) is 0 Å². The fourth-order valence-electron chi connectivity index (χ4n) is 8.96. The van der Waals surface area contributed by atoms with Crippen LogP contribution in [0.3, 0.4) is 0 Å². The Kier molecular flexibility index (Phi) is 11.0. The average Bonchev–Trinajstić information content (AvgIpc) is 3.18. The van der Waals surface area contributed by atoms with Gasteiger partial charge in [0.2, 0.25) is 34.5 Å². The van der Waals surface area contributed by atoms with E-state index in [9.17, 15) is 36.2 Å². The van der Waals surface area contributed by atoms with E-state index < -0.39 is 87.5 Å². The Hall–Kier alpha value is -6.09. The second kappa shape index (κ2) is 16.2. The van der Waals surface area contributed by atoms with Crippen LogP contribution in [-0.4, -0.2) is 36.0 Å². The molecule has 0 heterocycles. The number of hydrogen-bond acceptors (Lipinski definition) is 9. The zero-order valence-electron chi connectivity index (χ0n) is 32.0. The molecule has 4 bridgehead atoms. The molecule has 5 aromatic carbocycles. The minimum absolute atomic E-state index is 0.0361. The van der Waals surface area contributed by atoms with E-state index in [2.05, 4.69) is 0 Å². The number of hydrogen-bond donors (Lipinski definition) is 1. The van der Waals surface area contributed by atoms with Gasteiger partial charge in [-0.15, -0.1) is 0 Å². The molecule has 60 heavy (non-hydrogen) atoms. The second-order valence-electron chi connectivity index (χ2n) is 15.9. The van der Waals surface area contributed by atoms with Crippen LogP contribution in [0.4, 0.5) is 31.1 Å². The lowest BCUT2D eigenvalue weighted by Gasteiger charge is -2.60. The molecule has 0 saturated heterocycles. The van der Waals surface area contributed by atoms with Crippen molar-refractivity contribution in [1.82, 2.24) is 0 Å². The number of rotatable bonds is 14. The molecule has 4 aliphatic rings. The predicted molar refractivity (Wildman–Crippen MR) is 202 cm³/mol. The fraction of sp³-hybridized carbons (Fsp3) is 0.311. The molecule has 0 amide bonds. The third kappa shape index (κ3) is 9.20. The number of carbonyl (C=O) groups excluding carboxylic acids is 1. The maximum absolute atomic E-state index is 14.3. The van der Waals surface area contributed by atoms with Gasteiger partial charge in [-0.2, -0.15) is 0 Å². The van der Waals surface area contributed by atoms with Crippen LogP contribution >= 0.6 is 0 Å². The van der Waals surface area contributed by atoms with Crippen LogP contribution in [0.15, 0.2) is 97.1 Å². The number of phenolic OH excluding ortho intramolecular Hbond substituents is 1. The number of halogens is 6. The quantitative estimate of drug-likeness (QED) is 0.0665. The standard InChI is InChI=1S/C45H38F6O9/c1-43(50,51)24-54-25-44-19-26-18-27(20-44)22-45(21-26,23-44)60-42(53)59-41-39(57-34-14-6-30(48)7-15-34)37(55-32-10-2-28(46)3-11-32)36(52)38(56-33-12-4-29(47)5-13-33)40(41)58-35-16-8-31(49)9-17-35/h2-17,26-27,52H,18-25H2,1H3. The van der Waals surface area contributed by atoms with Crippen LogP contribution in [0.25, 0.3) is 0 Å². The van der Waals surface area contributed by atoms with Gasteiger partial charge in [-0.05, 0) is 153 Å². The summed E-state index contributed by atoms with van der Waals surface area (Å²) < 4.78 is 126. The van der Waals surface area contributed by atoms with Crippen LogP contribution in [-0.2, 0) is 9.47 Å². The third-order valence-corrected chi connectivity index (χ3v) is 10.8. The van der Waals surface area contributed by atoms with Crippen LogP contribution in [0.5, 0.6) is 57.5 Å². The van der Waals surface area contributed by atoms with Gasteiger partial charge in [0.25, 0.3) is 5.92 Å². The summed E-state index contributed by atoms with van der Waals surface area (Å²) in [6.07, 6.45) is 2.34. The SMILES string of the molecule is CC(F)(F)COCC12CC3CC(C1)CC(OC(=O)Oc1c(Oc4ccc(F)cc4)c(Oc4ccc(F)cc4)c(O)c(Oc4ccc(F)cc4)c1Oc1ccc(F)cc1)(C3)C2. The van der Waals surface area contributed by atoms with Crippen LogP contribution in [0, 0.1) is 40.5 Å². The lowest BCUT2D eigenvalue weighted by Crippen LogP contribution is -2.59. The van der Waals surface area contributed by atoms with E-state index in [-0.39, 0.29) is 41.4 Å². The zero-order valence-corrected chi connectivity index (χ0v) is 32.0. The molecule has 15 heteroatoms. The lowest BCUT2D eigenvalue weighted by atomic mass is 9.48. The summed E-state index contributed by atoms with van der Waals surface area (Å²) in [5.41, 5.74) is -1.58. The molecule has 2 unspecified atom stereocenters. The van der Waals surface area contributed by atoms with Crippen molar-refractivity contribution in [3.63, 3.8) is 0 Å². The average molecular weight is 837 g/mol. The predicted octanol–water partition coefficient (Wildman–Crippen LogP) is 12.6. The molecule has 0 radical (unpaired) electrons. The maximum atomic E-state index is 14.3. The number of phenols is 1. The summed E-state index contributed by atoms with van der Waals surface area (Å²) >= 11 is 0. The first-order valence-electron chi connectivity index (χ1n) is 19.2. The molecule has 1 N–H and O–H groups in total. The number of carbonyl (C=O) groups is 1. The Bertz CT molecular complexity index is 2200. The first-order chi connectivity index (χ1) is 28.6. The van der Waals surface area contributed by atoms with Crippen molar-refractivity contribution in [3.8, 4) is 57.5 Å². The van der Waals surface area contributed by atoms with Gasteiger partial charge in [0, 0.05) is 6.92 Å². The molecule has 0 aliphatic heterocycles. The van der Waals surface area contributed by atoms with E-state index in [4.69, 9.17) is 33.2 Å². The molecule has 0 spiro atoms. The van der Waals surface area contributed by atoms with Crippen LogP contribution < -0.4 is 23.7 Å². The van der Waals surface area contributed by atoms with Gasteiger partial charge >= 0.3 is 6.16 Å². The van der Waals surface area contributed by atoms with Gasteiger partial charge in [0.05, 0.1) is 6.61 Å². The van der Waals surface area contributed by atoms with E-state index in [0.29, 0.717) is 19.3 Å². The van der Waals surface area contributed by atoms with Gasteiger partial charge < -0.3 is 38.3 Å². The second-order valence-corrected chi connectivity index (χ2v) is 15.9. The number of alkyl halides is 2. The van der Waals surface area contributed by atoms with Gasteiger partial charge in [0.15, 0.2) is 0 Å². The van der Waals surface area contributed by atoms with Crippen molar-refractivity contribution in [2.45, 2.75) is 57.0 Å². The monoisotopic (exact) mass is 836 g/mol. The highest BCUT2D eigenvalue weighted by Gasteiger charge is 2.60. The Morgan fingerprint density at radius 2 is 1.00 bits per heavy atom. The largest absolute Gasteiger partial charge is 0.514 e. The minimum atomic E-state index is -3.02. The molecular weight excluding hydrogens is 798 g/mol. The number of aromatic hydroxyl groups is 1.